The molecule has 1 aromatic heterocycles. The monoisotopic (exact) mass is 415 g/mol. The van der Waals surface area contributed by atoms with Crippen molar-refractivity contribution < 1.29 is 23.8 Å². The Balaban J connectivity index is 1.71. The maximum Gasteiger partial charge on any atom is 0.339 e. The van der Waals surface area contributed by atoms with E-state index in [0.717, 1.165) is 54.2 Å². The van der Waals surface area contributed by atoms with Gasteiger partial charge in [0.15, 0.2) is 6.10 Å². The van der Waals surface area contributed by atoms with E-state index in [1.165, 1.54) is 0 Å². The van der Waals surface area contributed by atoms with Crippen molar-refractivity contribution in [3.63, 3.8) is 0 Å². The van der Waals surface area contributed by atoms with E-state index in [-0.39, 0.29) is 18.0 Å². The van der Waals surface area contributed by atoms with Gasteiger partial charge < -0.3 is 19.6 Å². The Morgan fingerprint density at radius 3 is 2.63 bits per heavy atom. The van der Waals surface area contributed by atoms with Gasteiger partial charge in [-0.05, 0) is 75.6 Å². The maximum atomic E-state index is 12.4. The van der Waals surface area contributed by atoms with Crippen LogP contribution in [0.2, 0.25) is 0 Å². The molecule has 30 heavy (non-hydrogen) atoms. The van der Waals surface area contributed by atoms with E-state index in [1.807, 2.05) is 19.1 Å². The largest absolute Gasteiger partial charge is 0.481 e. The highest BCUT2D eigenvalue weighted by molar-refractivity contribution is 5.89. The third kappa shape index (κ3) is 5.20. The summed E-state index contributed by atoms with van der Waals surface area (Å²) in [7, 11) is 0. The van der Waals surface area contributed by atoms with Crippen molar-refractivity contribution in [1.82, 2.24) is 5.32 Å². The van der Waals surface area contributed by atoms with Crippen molar-refractivity contribution in [1.29, 1.82) is 0 Å². The van der Waals surface area contributed by atoms with Gasteiger partial charge in [-0.15, -0.1) is 0 Å². The summed E-state index contributed by atoms with van der Waals surface area (Å²) in [6.07, 6.45) is 4.99. The number of carboxylic acid groups (broad SMARTS) is 1. The first kappa shape index (κ1) is 21.9. The summed E-state index contributed by atoms with van der Waals surface area (Å²) in [5.41, 5.74) is 2.82. The lowest BCUT2D eigenvalue weighted by Crippen LogP contribution is -2.37. The topological polar surface area (TPSA) is 106 Å². The maximum absolute atomic E-state index is 12.4. The fourth-order valence-electron chi connectivity index (χ4n) is 3.94. The molecule has 162 valence electrons. The van der Waals surface area contributed by atoms with Gasteiger partial charge in [-0.1, -0.05) is 6.42 Å². The van der Waals surface area contributed by atoms with E-state index >= 15 is 0 Å². The molecule has 1 amide bonds. The molecule has 1 aliphatic carbocycles. The van der Waals surface area contributed by atoms with E-state index < -0.39 is 12.1 Å². The molecule has 0 fully saturated rings. The quantitative estimate of drug-likeness (QED) is 0.480. The van der Waals surface area contributed by atoms with E-state index in [4.69, 9.17) is 14.3 Å². The molecule has 7 nitrogen and oxygen atoms in total. The number of fused-ring (bicyclic) bond motifs is 3. The lowest BCUT2D eigenvalue weighted by Gasteiger charge is -2.21. The van der Waals surface area contributed by atoms with Gasteiger partial charge in [0.05, 0.1) is 5.39 Å². The molecule has 1 aromatic carbocycles. The number of nitrogens with one attached hydrogen (secondary N) is 1. The first-order valence-corrected chi connectivity index (χ1v) is 10.6. The summed E-state index contributed by atoms with van der Waals surface area (Å²) in [4.78, 5) is 35.3. The molecule has 7 heteroatoms. The van der Waals surface area contributed by atoms with Crippen LogP contribution in [0.5, 0.6) is 5.75 Å². The molecule has 0 saturated carbocycles. The fraction of sp³-hybridized carbons (Fsp3) is 0.522. The second kappa shape index (κ2) is 9.78. The first-order chi connectivity index (χ1) is 14.4. The number of unbranched alkanes of at least 4 members (excludes halogenated alkanes) is 2. The van der Waals surface area contributed by atoms with Crippen LogP contribution in [0.15, 0.2) is 21.3 Å². The molecule has 0 radical (unpaired) electrons. The van der Waals surface area contributed by atoms with Gasteiger partial charge in [-0.25, -0.2) is 4.79 Å². The third-order valence-electron chi connectivity index (χ3n) is 5.47. The van der Waals surface area contributed by atoms with E-state index in [2.05, 4.69) is 5.32 Å². The highest BCUT2D eigenvalue weighted by atomic mass is 16.5. The fourth-order valence-corrected chi connectivity index (χ4v) is 3.94. The highest BCUT2D eigenvalue weighted by Crippen LogP contribution is 2.35. The van der Waals surface area contributed by atoms with Crippen LogP contribution in [-0.2, 0) is 22.4 Å². The number of aryl methyl sites for hydroxylation is 2. The Bertz CT molecular complexity index is 993. The zero-order valence-electron chi connectivity index (χ0n) is 17.6. The third-order valence-corrected chi connectivity index (χ3v) is 5.47. The van der Waals surface area contributed by atoms with E-state index in [9.17, 15) is 14.4 Å². The lowest BCUT2D eigenvalue weighted by atomic mass is 9.90. The number of ether oxygens (including phenoxy) is 1. The molecule has 0 unspecified atom stereocenters. The van der Waals surface area contributed by atoms with Crippen LogP contribution in [0, 0.1) is 6.92 Å². The van der Waals surface area contributed by atoms with Gasteiger partial charge in [0.2, 0.25) is 0 Å². The number of hydrogen-bond acceptors (Lipinski definition) is 5. The summed E-state index contributed by atoms with van der Waals surface area (Å²) in [5.74, 6) is -0.463. The van der Waals surface area contributed by atoms with E-state index in [0.29, 0.717) is 30.7 Å². The Morgan fingerprint density at radius 1 is 1.17 bits per heavy atom. The number of carboxylic acids is 1. The van der Waals surface area contributed by atoms with Gasteiger partial charge in [-0.3, -0.25) is 9.59 Å². The molecular formula is C23H29NO6. The number of aliphatic carboxylic acids is 1. The molecule has 1 atom stereocenters. The van der Waals surface area contributed by atoms with Crippen molar-refractivity contribution >= 4 is 22.8 Å². The zero-order chi connectivity index (χ0) is 21.7. The molecule has 0 spiro atoms. The zero-order valence-corrected chi connectivity index (χ0v) is 17.6. The number of carbonyl (C=O) groups is 2. The smallest absolute Gasteiger partial charge is 0.339 e. The molecule has 0 saturated heterocycles. The molecular weight excluding hydrogens is 386 g/mol. The minimum Gasteiger partial charge on any atom is -0.481 e. The number of amides is 1. The summed E-state index contributed by atoms with van der Waals surface area (Å²) < 4.78 is 11.6. The predicted octanol–water partition coefficient (Wildman–Crippen LogP) is 3.51. The highest BCUT2D eigenvalue weighted by Gasteiger charge is 2.23. The Kier molecular flexibility index (Phi) is 7.13. The van der Waals surface area contributed by atoms with E-state index in [1.54, 1.807) is 6.92 Å². The second-order valence-corrected chi connectivity index (χ2v) is 7.95. The van der Waals surface area contributed by atoms with Crippen LogP contribution in [0.25, 0.3) is 11.0 Å². The molecule has 2 aromatic rings. The molecule has 3 rings (SSSR count). The van der Waals surface area contributed by atoms with Gasteiger partial charge in [-0.2, -0.15) is 0 Å². The van der Waals surface area contributed by atoms with Crippen LogP contribution < -0.4 is 15.7 Å². The van der Waals surface area contributed by atoms with Crippen LogP contribution in [-0.4, -0.2) is 29.6 Å². The normalized spacial score (nSPS) is 14.2. The van der Waals surface area contributed by atoms with Crippen LogP contribution in [0.3, 0.4) is 0 Å². The predicted molar refractivity (Wildman–Crippen MR) is 113 cm³/mol. The number of benzene rings is 1. The van der Waals surface area contributed by atoms with Crippen LogP contribution in [0.4, 0.5) is 0 Å². The average molecular weight is 415 g/mol. The van der Waals surface area contributed by atoms with Crippen LogP contribution >= 0.6 is 0 Å². The average Bonchev–Trinajstić information content (AvgIpc) is 2.69. The molecule has 0 bridgehead atoms. The van der Waals surface area contributed by atoms with Crippen molar-refractivity contribution in [2.75, 3.05) is 6.54 Å². The van der Waals surface area contributed by atoms with Crippen molar-refractivity contribution in [2.45, 2.75) is 71.3 Å². The lowest BCUT2D eigenvalue weighted by molar-refractivity contribution is -0.137. The van der Waals surface area contributed by atoms with Gasteiger partial charge in [0, 0.05) is 18.5 Å². The molecule has 1 heterocycles. The van der Waals surface area contributed by atoms with Crippen molar-refractivity contribution in [3.8, 4) is 5.75 Å². The van der Waals surface area contributed by atoms with Crippen LogP contribution in [0.1, 0.15) is 62.1 Å². The van der Waals surface area contributed by atoms with Gasteiger partial charge in [0.1, 0.15) is 11.3 Å². The Hall–Kier alpha value is -2.83. The minimum absolute atomic E-state index is 0.147. The number of hydrogen-bond donors (Lipinski definition) is 2. The summed E-state index contributed by atoms with van der Waals surface area (Å²) in [6, 6.07) is 3.72. The number of rotatable bonds is 9. The Labute approximate surface area is 175 Å². The van der Waals surface area contributed by atoms with Crippen molar-refractivity contribution in [3.05, 3.63) is 39.2 Å². The molecule has 1 aliphatic rings. The Morgan fingerprint density at radius 2 is 1.90 bits per heavy atom. The second-order valence-electron chi connectivity index (χ2n) is 7.95. The standard InChI is InChI=1S/C23H29NO6/c1-14-12-18(29-15(2)22(27)24-11-7-3-4-10-20(25)26)21-16-8-5-6-9-17(16)23(28)30-19(21)13-14/h12-13,15H,3-11H2,1-2H3,(H,24,27)(H,25,26)/t15-/m0/s1. The summed E-state index contributed by atoms with van der Waals surface area (Å²) >= 11 is 0. The van der Waals surface area contributed by atoms with Gasteiger partial charge in [0.25, 0.3) is 5.91 Å². The molecule has 0 aliphatic heterocycles. The SMILES string of the molecule is Cc1cc(O[C@@H](C)C(=O)NCCCCCC(=O)O)c2c3c(c(=O)oc2c1)CCCC3. The van der Waals surface area contributed by atoms with Crippen molar-refractivity contribution in [2.24, 2.45) is 0 Å². The minimum atomic E-state index is -0.801. The van der Waals surface area contributed by atoms with Gasteiger partial charge >= 0.3 is 11.6 Å². The molecule has 2 N–H and O–H groups in total. The summed E-state index contributed by atoms with van der Waals surface area (Å²) in [6.45, 7) is 4.07. The first-order valence-electron chi connectivity index (χ1n) is 10.6. The summed E-state index contributed by atoms with van der Waals surface area (Å²) in [5, 5.41) is 12.3. The number of carbonyl (C=O) groups excluding carboxylic acids is 1.